The van der Waals surface area contributed by atoms with E-state index < -0.39 is 5.69 Å². The lowest BCUT2D eigenvalue weighted by atomic mass is 10.2. The number of rotatable bonds is 5. The van der Waals surface area contributed by atoms with E-state index in [1.165, 1.54) is 4.57 Å². The Morgan fingerprint density at radius 3 is 2.65 bits per heavy atom. The Morgan fingerprint density at radius 2 is 2.00 bits per heavy atom. The van der Waals surface area contributed by atoms with Crippen LogP contribution in [0.2, 0.25) is 0 Å². The van der Waals surface area contributed by atoms with Crippen molar-refractivity contribution in [3.05, 3.63) is 20.8 Å². The van der Waals surface area contributed by atoms with Gasteiger partial charge in [0, 0.05) is 20.6 Å². The molecule has 20 heavy (non-hydrogen) atoms. The molecule has 0 fully saturated rings. The molecule has 0 radical (unpaired) electrons. The zero-order valence-corrected chi connectivity index (χ0v) is 12.2. The molecule has 2 N–H and O–H groups in total. The maximum Gasteiger partial charge on any atom is 0.329 e. The Bertz CT molecular complexity index is 590. The number of hydrogen-bond donors (Lipinski definition) is 2. The molecule has 0 aromatic carbocycles. The number of H-pyrrole nitrogens is 1. The molecule has 1 atom stereocenters. The molecule has 0 spiro atoms. The number of nitrogens with one attached hydrogen (secondary N) is 1. The van der Waals surface area contributed by atoms with Crippen molar-refractivity contribution in [3.63, 3.8) is 0 Å². The topological polar surface area (TPSA) is 81.6 Å². The van der Waals surface area contributed by atoms with Crippen molar-refractivity contribution in [1.29, 1.82) is 0 Å². The average molecular weight is 282 g/mol. The van der Waals surface area contributed by atoms with Crippen molar-refractivity contribution in [2.75, 3.05) is 30.1 Å². The van der Waals surface area contributed by atoms with Gasteiger partial charge in [-0.1, -0.05) is 0 Å². The molecule has 112 valence electrons. The monoisotopic (exact) mass is 282 g/mol. The highest BCUT2D eigenvalue weighted by molar-refractivity contribution is 5.71. The fourth-order valence-electron chi connectivity index (χ4n) is 2.62. The number of aliphatic hydroxyl groups excluding tert-OH is 1. The number of aliphatic hydroxyl groups is 1. The predicted molar refractivity (Wildman–Crippen MR) is 78.5 cm³/mol. The lowest BCUT2D eigenvalue weighted by Gasteiger charge is -2.20. The predicted octanol–water partition coefficient (Wildman–Crippen LogP) is -0.162. The lowest BCUT2D eigenvalue weighted by molar-refractivity contribution is 0.181. The summed E-state index contributed by atoms with van der Waals surface area (Å²) in [4.78, 5) is 29.8. The van der Waals surface area contributed by atoms with Crippen LogP contribution in [0.4, 0.5) is 11.5 Å². The average Bonchev–Trinajstić information content (AvgIpc) is 2.69. The number of hydrogen-bond acceptors (Lipinski definition) is 5. The van der Waals surface area contributed by atoms with E-state index in [4.69, 9.17) is 0 Å². The normalized spacial score (nSPS) is 15.6. The van der Waals surface area contributed by atoms with Crippen molar-refractivity contribution in [2.24, 2.45) is 7.05 Å². The number of fused-ring (bicyclic) bond motifs is 1. The standard InChI is InChI=1S/C13H22N4O3/c1-9(18)6-4-5-7-17-8-15(2)10-11(19)14-13(20)16(3)12(10)17/h9,18H,4-8H2,1-3H3,(H,14,19,20)/t9-/m1/s1. The number of anilines is 2. The zero-order valence-electron chi connectivity index (χ0n) is 12.2. The molecule has 2 rings (SSSR count). The summed E-state index contributed by atoms with van der Waals surface area (Å²) in [5, 5.41) is 9.25. The van der Waals surface area contributed by atoms with Gasteiger partial charge in [0.15, 0.2) is 0 Å². The smallest absolute Gasteiger partial charge is 0.329 e. The first-order valence-electron chi connectivity index (χ1n) is 6.89. The summed E-state index contributed by atoms with van der Waals surface area (Å²) in [6, 6.07) is 0. The molecule has 0 bridgehead atoms. The van der Waals surface area contributed by atoms with Crippen molar-refractivity contribution in [3.8, 4) is 0 Å². The number of unbranched alkanes of at least 4 members (excludes halogenated alkanes) is 1. The van der Waals surface area contributed by atoms with Crippen LogP contribution in [-0.2, 0) is 7.05 Å². The highest BCUT2D eigenvalue weighted by Crippen LogP contribution is 2.29. The van der Waals surface area contributed by atoms with Gasteiger partial charge < -0.3 is 14.9 Å². The molecular formula is C13H22N4O3. The van der Waals surface area contributed by atoms with Gasteiger partial charge in [-0.3, -0.25) is 14.3 Å². The second-order valence-corrected chi connectivity index (χ2v) is 5.44. The van der Waals surface area contributed by atoms with E-state index in [0.29, 0.717) is 18.2 Å². The Kier molecular flexibility index (Phi) is 4.17. The van der Waals surface area contributed by atoms with Gasteiger partial charge in [0.1, 0.15) is 11.5 Å². The highest BCUT2D eigenvalue weighted by atomic mass is 16.3. The maximum atomic E-state index is 11.9. The first kappa shape index (κ1) is 14.6. The highest BCUT2D eigenvalue weighted by Gasteiger charge is 2.28. The van der Waals surface area contributed by atoms with E-state index in [9.17, 15) is 14.7 Å². The first-order chi connectivity index (χ1) is 9.41. The van der Waals surface area contributed by atoms with E-state index in [2.05, 4.69) is 4.98 Å². The van der Waals surface area contributed by atoms with Gasteiger partial charge in [-0.15, -0.1) is 0 Å². The van der Waals surface area contributed by atoms with Gasteiger partial charge in [0.05, 0.1) is 12.8 Å². The molecule has 1 aromatic heterocycles. The molecule has 2 heterocycles. The fraction of sp³-hybridized carbons (Fsp3) is 0.692. The number of aromatic amines is 1. The summed E-state index contributed by atoms with van der Waals surface area (Å²) >= 11 is 0. The molecule has 7 nitrogen and oxygen atoms in total. The Labute approximate surface area is 117 Å². The molecule has 1 aliphatic heterocycles. The lowest BCUT2D eigenvalue weighted by Crippen LogP contribution is -2.32. The molecular weight excluding hydrogens is 260 g/mol. The van der Waals surface area contributed by atoms with Gasteiger partial charge in [-0.25, -0.2) is 4.79 Å². The Morgan fingerprint density at radius 1 is 1.30 bits per heavy atom. The van der Waals surface area contributed by atoms with E-state index in [-0.39, 0.29) is 11.7 Å². The van der Waals surface area contributed by atoms with Crippen molar-refractivity contribution >= 4 is 11.5 Å². The van der Waals surface area contributed by atoms with Gasteiger partial charge in [0.25, 0.3) is 5.56 Å². The number of aromatic nitrogens is 2. The van der Waals surface area contributed by atoms with Crippen molar-refractivity contribution in [2.45, 2.75) is 32.3 Å². The molecule has 1 aliphatic rings. The van der Waals surface area contributed by atoms with Crippen LogP contribution in [0.15, 0.2) is 9.59 Å². The maximum absolute atomic E-state index is 11.9. The SMILES string of the molecule is C[C@@H](O)CCCCN1CN(C)c2c1n(C)c(=O)[nH]c2=O. The van der Waals surface area contributed by atoms with Crippen LogP contribution in [0.25, 0.3) is 0 Å². The minimum absolute atomic E-state index is 0.282. The molecule has 0 saturated carbocycles. The summed E-state index contributed by atoms with van der Waals surface area (Å²) in [6.07, 6.45) is 2.32. The third kappa shape index (κ3) is 2.72. The van der Waals surface area contributed by atoms with Crippen molar-refractivity contribution in [1.82, 2.24) is 9.55 Å². The van der Waals surface area contributed by atoms with Crippen LogP contribution in [0, 0.1) is 0 Å². The quantitative estimate of drug-likeness (QED) is 0.733. The third-order valence-electron chi connectivity index (χ3n) is 3.63. The summed E-state index contributed by atoms with van der Waals surface area (Å²) < 4.78 is 1.48. The second kappa shape index (κ2) is 5.70. The minimum Gasteiger partial charge on any atom is -0.393 e. The molecule has 0 amide bonds. The van der Waals surface area contributed by atoms with Crippen LogP contribution < -0.4 is 21.0 Å². The number of nitrogens with zero attached hydrogens (tertiary/aromatic N) is 3. The van der Waals surface area contributed by atoms with Crippen LogP contribution in [-0.4, -0.2) is 41.0 Å². The third-order valence-corrected chi connectivity index (χ3v) is 3.63. The summed E-state index contributed by atoms with van der Waals surface area (Å²) in [5.74, 6) is 0.679. The molecule has 0 unspecified atom stereocenters. The fourth-order valence-corrected chi connectivity index (χ4v) is 2.62. The Balaban J connectivity index is 2.17. The molecule has 7 heteroatoms. The summed E-state index contributed by atoms with van der Waals surface area (Å²) in [6.45, 7) is 3.15. The van der Waals surface area contributed by atoms with Crippen LogP contribution in [0.3, 0.4) is 0 Å². The zero-order chi connectivity index (χ0) is 14.9. The molecule has 0 aliphatic carbocycles. The van der Waals surface area contributed by atoms with E-state index >= 15 is 0 Å². The van der Waals surface area contributed by atoms with Gasteiger partial charge in [0.2, 0.25) is 0 Å². The largest absolute Gasteiger partial charge is 0.393 e. The Hall–Kier alpha value is -1.76. The second-order valence-electron chi connectivity index (χ2n) is 5.44. The first-order valence-corrected chi connectivity index (χ1v) is 6.89. The molecule has 0 saturated heterocycles. The summed E-state index contributed by atoms with van der Waals surface area (Å²) in [7, 11) is 3.51. The van der Waals surface area contributed by atoms with Crippen molar-refractivity contribution < 1.29 is 5.11 Å². The van der Waals surface area contributed by atoms with Crippen LogP contribution in [0.1, 0.15) is 26.2 Å². The van der Waals surface area contributed by atoms with Gasteiger partial charge in [-0.2, -0.15) is 0 Å². The molecule has 1 aromatic rings. The van der Waals surface area contributed by atoms with E-state index in [1.807, 2.05) is 16.8 Å². The summed E-state index contributed by atoms with van der Waals surface area (Å²) in [5.41, 5.74) is -0.183. The van der Waals surface area contributed by atoms with E-state index in [1.54, 1.807) is 14.0 Å². The van der Waals surface area contributed by atoms with Gasteiger partial charge in [-0.05, 0) is 26.2 Å². The minimum atomic E-state index is -0.391. The van der Waals surface area contributed by atoms with E-state index in [0.717, 1.165) is 25.8 Å². The van der Waals surface area contributed by atoms with Crippen LogP contribution >= 0.6 is 0 Å². The van der Waals surface area contributed by atoms with Crippen LogP contribution in [0.5, 0.6) is 0 Å². The van der Waals surface area contributed by atoms with Gasteiger partial charge >= 0.3 is 5.69 Å².